The van der Waals surface area contributed by atoms with Gasteiger partial charge in [0.1, 0.15) is 11.9 Å². The minimum Gasteiger partial charge on any atom is -0.488 e. The van der Waals surface area contributed by atoms with Crippen molar-refractivity contribution in [3.8, 4) is 5.75 Å². The molecule has 1 heterocycles. The number of anilines is 1. The summed E-state index contributed by atoms with van der Waals surface area (Å²) < 4.78 is 74.1. The number of fused-ring (bicyclic) bond motifs is 1. The van der Waals surface area contributed by atoms with Crippen LogP contribution < -0.4 is 9.46 Å². The molecule has 0 aromatic heterocycles. The van der Waals surface area contributed by atoms with Gasteiger partial charge in [-0.05, 0) is 68.9 Å². The minimum atomic E-state index is -4.41. The molecule has 3 atom stereocenters. The maximum Gasteiger partial charge on any atom is 0.416 e. The van der Waals surface area contributed by atoms with Crippen LogP contribution in [0.1, 0.15) is 36.1 Å². The molecular weight excluding hydrogens is 595 g/mol. The summed E-state index contributed by atoms with van der Waals surface area (Å²) >= 11 is 0. The van der Waals surface area contributed by atoms with Crippen molar-refractivity contribution in [2.24, 2.45) is 5.92 Å². The van der Waals surface area contributed by atoms with Gasteiger partial charge in [0.05, 0.1) is 29.5 Å². The SMILES string of the molecule is Cc1ccc(S(=O)(=O)Nc2ccc3c(c2)CC(=O)N([C@@H](C)CO)C[C@@H](C)[C@H](CN(C)Cc2ccc(C(F)(F)F)cc2)O3)cc1. The number of aliphatic hydroxyl groups excluding tert-OH is 1. The lowest BCUT2D eigenvalue weighted by Gasteiger charge is -2.34. The second-order valence-electron chi connectivity index (χ2n) is 11.5. The summed E-state index contributed by atoms with van der Waals surface area (Å²) in [5.74, 6) is 0.00383. The first-order valence-corrected chi connectivity index (χ1v) is 15.8. The third kappa shape index (κ3) is 8.30. The minimum absolute atomic E-state index is 0.0688. The van der Waals surface area contributed by atoms with Gasteiger partial charge in [0, 0.05) is 36.8 Å². The third-order valence-corrected chi connectivity index (χ3v) is 9.12. The van der Waals surface area contributed by atoms with Crippen molar-refractivity contribution in [3.05, 3.63) is 89.0 Å². The number of sulfonamides is 1. The molecule has 0 saturated heterocycles. The lowest BCUT2D eigenvalue weighted by Crippen LogP contribution is -2.47. The van der Waals surface area contributed by atoms with E-state index < -0.39 is 33.9 Å². The summed E-state index contributed by atoms with van der Waals surface area (Å²) in [6.45, 7) is 6.38. The van der Waals surface area contributed by atoms with E-state index in [1.54, 1.807) is 42.2 Å². The maximum absolute atomic E-state index is 13.5. The lowest BCUT2D eigenvalue weighted by molar-refractivity contribution is -0.137. The zero-order chi connectivity index (χ0) is 32.2. The molecule has 1 amide bonds. The summed E-state index contributed by atoms with van der Waals surface area (Å²) in [5.41, 5.74) is 1.67. The molecule has 1 aliphatic rings. The molecule has 0 spiro atoms. The zero-order valence-electron chi connectivity index (χ0n) is 25.1. The number of carbonyl (C=O) groups excluding carboxylic acids is 1. The molecule has 1 aliphatic heterocycles. The number of rotatable bonds is 9. The number of likely N-dealkylation sites (N-methyl/N-ethyl adjacent to an activating group) is 1. The Bertz CT molecular complexity index is 1550. The van der Waals surface area contributed by atoms with E-state index in [1.807, 2.05) is 25.8 Å². The molecule has 0 bridgehead atoms. The van der Waals surface area contributed by atoms with Crippen LogP contribution in [-0.2, 0) is 34.0 Å². The number of hydrogen-bond acceptors (Lipinski definition) is 6. The molecule has 44 heavy (non-hydrogen) atoms. The number of ether oxygens (including phenoxy) is 1. The number of aryl methyl sites for hydroxylation is 1. The van der Waals surface area contributed by atoms with Gasteiger partial charge in [-0.1, -0.05) is 36.8 Å². The van der Waals surface area contributed by atoms with E-state index in [0.29, 0.717) is 36.5 Å². The van der Waals surface area contributed by atoms with E-state index >= 15 is 0 Å². The largest absolute Gasteiger partial charge is 0.488 e. The van der Waals surface area contributed by atoms with Crippen molar-refractivity contribution in [2.75, 3.05) is 31.5 Å². The Hall–Kier alpha value is -3.61. The number of amides is 1. The molecule has 12 heteroatoms. The quantitative estimate of drug-likeness (QED) is 0.341. The van der Waals surface area contributed by atoms with E-state index in [0.717, 1.165) is 17.7 Å². The summed E-state index contributed by atoms with van der Waals surface area (Å²) in [6.07, 6.45) is -4.92. The Kier molecular flexibility index (Phi) is 10.3. The number of halogens is 3. The fraction of sp³-hybridized carbons (Fsp3) is 0.406. The molecular formula is C32H38F3N3O5S. The molecule has 8 nitrogen and oxygen atoms in total. The standard InChI is InChI=1S/C32H38F3N3O5S/c1-21-5-12-28(13-6-21)44(41,42)36-27-11-14-29-25(15-27)16-31(40)38(23(3)20-39)17-22(2)30(43-29)19-37(4)18-24-7-9-26(10-8-24)32(33,34)35/h5-15,22-23,30,36,39H,16-20H2,1-4H3/t22-,23+,30+/m1/s1. The molecule has 0 saturated carbocycles. The molecule has 0 fully saturated rings. The van der Waals surface area contributed by atoms with Gasteiger partial charge in [-0.3, -0.25) is 14.4 Å². The number of nitrogens with one attached hydrogen (secondary N) is 1. The molecule has 238 valence electrons. The first-order chi connectivity index (χ1) is 20.7. The first kappa shape index (κ1) is 33.3. The Morgan fingerprint density at radius 2 is 1.75 bits per heavy atom. The summed E-state index contributed by atoms with van der Waals surface area (Å²) in [6, 6.07) is 15.8. The van der Waals surface area contributed by atoms with Gasteiger partial charge >= 0.3 is 6.18 Å². The second kappa shape index (κ2) is 13.6. The summed E-state index contributed by atoms with van der Waals surface area (Å²) in [5, 5.41) is 9.88. The number of nitrogens with zero attached hydrogens (tertiary/aromatic N) is 2. The van der Waals surface area contributed by atoms with Crippen molar-refractivity contribution in [1.29, 1.82) is 0 Å². The van der Waals surface area contributed by atoms with Crippen molar-refractivity contribution in [2.45, 2.75) is 57.0 Å². The van der Waals surface area contributed by atoms with Gasteiger partial charge < -0.3 is 14.7 Å². The molecule has 0 unspecified atom stereocenters. The van der Waals surface area contributed by atoms with Crippen molar-refractivity contribution >= 4 is 21.6 Å². The predicted octanol–water partition coefficient (Wildman–Crippen LogP) is 5.10. The van der Waals surface area contributed by atoms with Crippen LogP contribution in [0.15, 0.2) is 71.6 Å². The second-order valence-corrected chi connectivity index (χ2v) is 13.2. The Morgan fingerprint density at radius 1 is 1.09 bits per heavy atom. The summed E-state index contributed by atoms with van der Waals surface area (Å²) in [7, 11) is -2.05. The Balaban J connectivity index is 1.60. The average molecular weight is 634 g/mol. The molecule has 3 aromatic rings. The molecule has 0 aliphatic carbocycles. The summed E-state index contributed by atoms with van der Waals surface area (Å²) in [4.78, 5) is 17.1. The van der Waals surface area contributed by atoms with Gasteiger partial charge in [-0.25, -0.2) is 8.42 Å². The normalized spacial score (nSPS) is 18.6. The number of hydrogen-bond donors (Lipinski definition) is 2. The van der Waals surface area contributed by atoms with E-state index in [-0.39, 0.29) is 35.4 Å². The number of benzene rings is 3. The van der Waals surface area contributed by atoms with E-state index in [9.17, 15) is 31.5 Å². The lowest BCUT2D eigenvalue weighted by atomic mass is 10.0. The predicted molar refractivity (Wildman–Crippen MR) is 162 cm³/mol. The van der Waals surface area contributed by atoms with Crippen molar-refractivity contribution < 1.29 is 36.2 Å². The monoisotopic (exact) mass is 633 g/mol. The fourth-order valence-electron chi connectivity index (χ4n) is 5.12. The van der Waals surface area contributed by atoms with Gasteiger partial charge in [0.15, 0.2) is 0 Å². The van der Waals surface area contributed by atoms with Gasteiger partial charge in [-0.2, -0.15) is 13.2 Å². The number of carbonyl (C=O) groups is 1. The highest BCUT2D eigenvalue weighted by Gasteiger charge is 2.32. The molecule has 4 rings (SSSR count). The van der Waals surface area contributed by atoms with Crippen LogP contribution in [0.5, 0.6) is 5.75 Å². The molecule has 2 N–H and O–H groups in total. The van der Waals surface area contributed by atoms with E-state index in [1.165, 1.54) is 24.3 Å². The van der Waals surface area contributed by atoms with Gasteiger partial charge in [0.25, 0.3) is 10.0 Å². The van der Waals surface area contributed by atoms with Crippen molar-refractivity contribution in [1.82, 2.24) is 9.80 Å². The zero-order valence-corrected chi connectivity index (χ0v) is 26.0. The van der Waals surface area contributed by atoms with Crippen molar-refractivity contribution in [3.63, 3.8) is 0 Å². The van der Waals surface area contributed by atoms with Gasteiger partial charge in [-0.15, -0.1) is 0 Å². The van der Waals surface area contributed by atoms with Crippen LogP contribution in [0.3, 0.4) is 0 Å². The highest BCUT2D eigenvalue weighted by atomic mass is 32.2. The third-order valence-electron chi connectivity index (χ3n) is 7.73. The number of aliphatic hydroxyl groups is 1. The van der Waals surface area contributed by atoms with E-state index in [4.69, 9.17) is 4.74 Å². The maximum atomic E-state index is 13.5. The number of alkyl halides is 3. The smallest absolute Gasteiger partial charge is 0.416 e. The van der Waals surface area contributed by atoms with Crippen LogP contribution >= 0.6 is 0 Å². The van der Waals surface area contributed by atoms with Gasteiger partial charge in [0.2, 0.25) is 5.91 Å². The van der Waals surface area contributed by atoms with Crippen LogP contribution in [0, 0.1) is 12.8 Å². The average Bonchev–Trinajstić information content (AvgIpc) is 3.00. The van der Waals surface area contributed by atoms with E-state index in [2.05, 4.69) is 4.72 Å². The highest BCUT2D eigenvalue weighted by molar-refractivity contribution is 7.92. The van der Waals surface area contributed by atoms with Crippen LogP contribution in [-0.4, -0.2) is 68.1 Å². The Morgan fingerprint density at radius 3 is 2.36 bits per heavy atom. The Labute approximate surface area is 256 Å². The molecule has 0 radical (unpaired) electrons. The first-order valence-electron chi connectivity index (χ1n) is 14.3. The van der Waals surface area contributed by atoms with Crippen LogP contribution in [0.2, 0.25) is 0 Å². The molecule has 3 aromatic carbocycles. The highest BCUT2D eigenvalue weighted by Crippen LogP contribution is 2.31. The van der Waals surface area contributed by atoms with Crippen LogP contribution in [0.25, 0.3) is 0 Å². The topological polar surface area (TPSA) is 99.2 Å². The fourth-order valence-corrected chi connectivity index (χ4v) is 6.17. The van der Waals surface area contributed by atoms with Crippen LogP contribution in [0.4, 0.5) is 18.9 Å².